The number of piperazine rings is 1. The van der Waals surface area contributed by atoms with E-state index in [1.807, 2.05) is 39.5 Å². The molecule has 232 valence electrons. The number of halogens is 2. The zero-order valence-corrected chi connectivity index (χ0v) is 24.9. The van der Waals surface area contributed by atoms with E-state index >= 15 is 4.39 Å². The molecule has 1 aromatic carbocycles. The van der Waals surface area contributed by atoms with Crippen LogP contribution >= 0.6 is 0 Å². The van der Waals surface area contributed by atoms with E-state index < -0.39 is 17.3 Å². The summed E-state index contributed by atoms with van der Waals surface area (Å²) in [5, 5.41) is 0.309. The van der Waals surface area contributed by atoms with Crippen LogP contribution in [0.2, 0.25) is 0 Å². The van der Waals surface area contributed by atoms with E-state index in [9.17, 15) is 14.0 Å². The number of fused-ring (bicyclic) bond motifs is 1. The van der Waals surface area contributed by atoms with Gasteiger partial charge in [0, 0.05) is 49.0 Å². The second-order valence-electron chi connectivity index (χ2n) is 11.4. The molecule has 1 fully saturated rings. The number of pyridine rings is 2. The van der Waals surface area contributed by atoms with Crippen molar-refractivity contribution in [1.82, 2.24) is 24.4 Å². The van der Waals surface area contributed by atoms with Gasteiger partial charge in [0.15, 0.2) is 5.65 Å². The van der Waals surface area contributed by atoms with Gasteiger partial charge in [0.25, 0.3) is 0 Å². The average Bonchev–Trinajstić information content (AvgIpc) is 2.95. The number of aryl methyl sites for hydroxylation is 1. The first-order valence-electron chi connectivity index (χ1n) is 14.2. The topological polar surface area (TPSA) is 110 Å². The Hall–Kier alpha value is -4.67. The zero-order chi connectivity index (χ0) is 31.2. The third kappa shape index (κ3) is 5.66. The molecular formula is C33H39F2N7O2. The third-order valence-corrected chi connectivity index (χ3v) is 7.95. The maximum atomic E-state index is 15.9. The molecule has 4 aromatic rings. The zero-order valence-electron chi connectivity index (χ0n) is 24.9. The van der Waals surface area contributed by atoms with Crippen molar-refractivity contribution in [3.05, 3.63) is 93.8 Å². The van der Waals surface area contributed by atoms with Gasteiger partial charge in [0.2, 0.25) is 5.91 Å². The smallest absolute Gasteiger partial charge is 0.355 e. The highest BCUT2D eigenvalue weighted by atomic mass is 19.1. The number of carbonyl (C=O) groups excluding carboxylic acids is 1. The summed E-state index contributed by atoms with van der Waals surface area (Å²) in [7, 11) is 0. The van der Waals surface area contributed by atoms with Crippen LogP contribution in [-0.2, 0) is 11.2 Å². The summed E-state index contributed by atoms with van der Waals surface area (Å²) in [6.45, 7) is 13.9. The SMILES string of the molecule is C.C=CC(=O)N1[C@H](C)CN(c2nc(=O)n(-c3c(C)ccnc3C(C)C)c3nc(Cc4c(N)cccc4F)c(F)cc23)C[C@@H]1C. The maximum Gasteiger partial charge on any atom is 0.355 e. The number of carbonyl (C=O) groups is 1. The third-order valence-electron chi connectivity index (χ3n) is 7.95. The predicted octanol–water partition coefficient (Wildman–Crippen LogP) is 5.31. The number of rotatable bonds is 6. The van der Waals surface area contributed by atoms with Crippen LogP contribution in [0.1, 0.15) is 63.6 Å². The van der Waals surface area contributed by atoms with Gasteiger partial charge in [-0.15, -0.1) is 0 Å². The number of hydrogen-bond donors (Lipinski definition) is 1. The van der Waals surface area contributed by atoms with E-state index in [2.05, 4.69) is 21.5 Å². The Kier molecular flexibility index (Phi) is 9.17. The molecule has 5 rings (SSSR count). The van der Waals surface area contributed by atoms with Gasteiger partial charge in [-0.1, -0.05) is 33.9 Å². The summed E-state index contributed by atoms with van der Waals surface area (Å²) in [6, 6.07) is 6.90. The minimum atomic E-state index is -0.683. The van der Waals surface area contributed by atoms with Crippen LogP contribution in [0, 0.1) is 18.6 Å². The predicted molar refractivity (Wildman–Crippen MR) is 170 cm³/mol. The van der Waals surface area contributed by atoms with E-state index in [1.165, 1.54) is 28.8 Å². The van der Waals surface area contributed by atoms with E-state index in [0.717, 1.165) is 5.56 Å². The molecule has 0 spiro atoms. The molecule has 1 aliphatic rings. The van der Waals surface area contributed by atoms with Crippen molar-refractivity contribution in [3.63, 3.8) is 0 Å². The van der Waals surface area contributed by atoms with E-state index in [0.29, 0.717) is 29.9 Å². The first-order valence-corrected chi connectivity index (χ1v) is 14.2. The van der Waals surface area contributed by atoms with Gasteiger partial charge in [-0.2, -0.15) is 4.98 Å². The van der Waals surface area contributed by atoms with Crippen LogP contribution in [0.5, 0.6) is 0 Å². The fourth-order valence-corrected chi connectivity index (χ4v) is 5.96. The van der Waals surface area contributed by atoms with Crippen molar-refractivity contribution in [3.8, 4) is 5.69 Å². The lowest BCUT2D eigenvalue weighted by molar-refractivity contribution is -0.130. The Bertz CT molecular complexity index is 1770. The molecule has 1 amide bonds. The summed E-state index contributed by atoms with van der Waals surface area (Å²) in [4.78, 5) is 43.8. The fraction of sp³-hybridized carbons (Fsp3) is 0.364. The molecule has 3 aromatic heterocycles. The van der Waals surface area contributed by atoms with Crippen molar-refractivity contribution in [2.45, 2.75) is 66.5 Å². The molecule has 0 aliphatic carbocycles. The van der Waals surface area contributed by atoms with Gasteiger partial charge in [-0.05, 0) is 62.6 Å². The molecule has 1 aliphatic heterocycles. The molecule has 0 radical (unpaired) electrons. The van der Waals surface area contributed by atoms with Gasteiger partial charge in [-0.25, -0.2) is 23.1 Å². The number of nitrogen functional groups attached to an aromatic ring is 1. The van der Waals surface area contributed by atoms with E-state index in [-0.39, 0.29) is 66.2 Å². The quantitative estimate of drug-likeness (QED) is 0.235. The molecule has 2 N–H and O–H groups in total. The van der Waals surface area contributed by atoms with Crippen LogP contribution in [0.4, 0.5) is 20.3 Å². The van der Waals surface area contributed by atoms with Crippen molar-refractivity contribution in [1.29, 1.82) is 0 Å². The van der Waals surface area contributed by atoms with Gasteiger partial charge in [0.1, 0.15) is 17.5 Å². The Balaban J connectivity index is 0.00000442. The lowest BCUT2D eigenvalue weighted by atomic mass is 10.0. The average molecular weight is 604 g/mol. The van der Waals surface area contributed by atoms with Crippen molar-refractivity contribution in [2.24, 2.45) is 0 Å². The van der Waals surface area contributed by atoms with Gasteiger partial charge in [-0.3, -0.25) is 9.78 Å². The number of anilines is 2. The van der Waals surface area contributed by atoms with Gasteiger partial charge >= 0.3 is 5.69 Å². The summed E-state index contributed by atoms with van der Waals surface area (Å²) in [6.07, 6.45) is 2.74. The van der Waals surface area contributed by atoms with Crippen LogP contribution in [0.3, 0.4) is 0 Å². The number of amides is 1. The highest BCUT2D eigenvalue weighted by molar-refractivity contribution is 5.90. The van der Waals surface area contributed by atoms with Crippen LogP contribution in [0.15, 0.2) is 54.0 Å². The summed E-state index contributed by atoms with van der Waals surface area (Å²) in [5.41, 5.74) is 7.76. The molecule has 4 heterocycles. The number of nitrogens with two attached hydrogens (primary N) is 1. The normalized spacial score (nSPS) is 16.7. The van der Waals surface area contributed by atoms with Crippen molar-refractivity contribution in [2.75, 3.05) is 23.7 Å². The second-order valence-corrected chi connectivity index (χ2v) is 11.4. The number of benzene rings is 1. The van der Waals surface area contributed by atoms with Crippen LogP contribution in [0.25, 0.3) is 16.7 Å². The first kappa shape index (κ1) is 32.2. The minimum absolute atomic E-state index is 0. The maximum absolute atomic E-state index is 15.9. The molecule has 1 saturated heterocycles. The number of nitrogens with zero attached hydrogens (tertiary/aromatic N) is 6. The molecule has 0 unspecified atom stereocenters. The summed E-state index contributed by atoms with van der Waals surface area (Å²) < 4.78 is 32.0. The molecule has 9 nitrogen and oxygen atoms in total. The van der Waals surface area contributed by atoms with Gasteiger partial charge < -0.3 is 15.5 Å². The van der Waals surface area contributed by atoms with E-state index in [1.54, 1.807) is 23.2 Å². The molecule has 0 saturated carbocycles. The summed E-state index contributed by atoms with van der Waals surface area (Å²) >= 11 is 0. The van der Waals surface area contributed by atoms with Gasteiger partial charge in [0.05, 0.1) is 22.5 Å². The van der Waals surface area contributed by atoms with Crippen LogP contribution in [-0.4, -0.2) is 55.5 Å². The highest BCUT2D eigenvalue weighted by Crippen LogP contribution is 2.32. The highest BCUT2D eigenvalue weighted by Gasteiger charge is 2.34. The number of hydrogen-bond acceptors (Lipinski definition) is 7. The number of aromatic nitrogens is 4. The lowest BCUT2D eigenvalue weighted by Gasteiger charge is -2.44. The molecule has 44 heavy (non-hydrogen) atoms. The molecule has 0 bridgehead atoms. The first-order chi connectivity index (χ1) is 20.4. The standard InChI is InChI=1S/C32H35F2N7O2.CH4/c1-7-27(42)40-19(5)15-39(16-20(40)6)30-22-13-24(34)26(14-21-23(33)9-8-10-25(21)35)37-31(22)41(32(43)38-30)29-18(4)11-12-36-28(29)17(2)3;/h7-13,17,19-20H,1,14-16,35H2,2-6H3;1H4/t19-,20+;. The van der Waals surface area contributed by atoms with E-state index in [4.69, 9.17) is 5.73 Å². The monoisotopic (exact) mass is 603 g/mol. The lowest BCUT2D eigenvalue weighted by Crippen LogP contribution is -2.58. The fourth-order valence-electron chi connectivity index (χ4n) is 5.96. The Labute approximate surface area is 256 Å². The Morgan fingerprint density at radius 3 is 2.43 bits per heavy atom. The Morgan fingerprint density at radius 2 is 1.82 bits per heavy atom. The van der Waals surface area contributed by atoms with Crippen molar-refractivity contribution < 1.29 is 13.6 Å². The van der Waals surface area contributed by atoms with Crippen molar-refractivity contribution >= 4 is 28.4 Å². The second kappa shape index (κ2) is 12.5. The molecule has 11 heteroatoms. The Morgan fingerprint density at radius 1 is 1.14 bits per heavy atom. The largest absolute Gasteiger partial charge is 0.398 e. The molecule has 2 atom stereocenters. The molecular weight excluding hydrogens is 564 g/mol. The minimum Gasteiger partial charge on any atom is -0.398 e. The van der Waals surface area contributed by atoms with Crippen LogP contribution < -0.4 is 16.3 Å². The summed E-state index contributed by atoms with van der Waals surface area (Å²) in [5.74, 6) is -1.24.